The number of aromatic nitrogens is 1. The lowest BCUT2D eigenvalue weighted by atomic mass is 10.2. The number of carbonyl (C=O) groups excluding carboxylic acids is 1. The van der Waals surface area contributed by atoms with Crippen LogP contribution in [0, 0.1) is 0 Å². The van der Waals surface area contributed by atoms with Gasteiger partial charge in [-0.3, -0.25) is 10.2 Å². The molecule has 0 spiro atoms. The van der Waals surface area contributed by atoms with Crippen molar-refractivity contribution in [1.29, 1.82) is 0 Å². The van der Waals surface area contributed by atoms with E-state index in [1.165, 1.54) is 0 Å². The lowest BCUT2D eigenvalue weighted by Crippen LogP contribution is -2.30. The number of hydrazine groups is 1. The summed E-state index contributed by atoms with van der Waals surface area (Å²) in [5.74, 6) is 4.65. The van der Waals surface area contributed by atoms with Crippen molar-refractivity contribution in [3.8, 4) is 0 Å². The van der Waals surface area contributed by atoms with E-state index >= 15 is 0 Å². The van der Waals surface area contributed by atoms with Crippen molar-refractivity contribution in [2.45, 2.75) is 6.61 Å². The maximum absolute atomic E-state index is 11.3. The molecule has 21 heavy (non-hydrogen) atoms. The Hall–Kier alpha value is -2.50. The van der Waals surface area contributed by atoms with Gasteiger partial charge in [-0.15, -0.1) is 0 Å². The minimum atomic E-state index is -0.416. The van der Waals surface area contributed by atoms with E-state index in [9.17, 15) is 4.79 Å². The third kappa shape index (κ3) is 4.83. The fourth-order valence-corrected chi connectivity index (χ4v) is 1.74. The summed E-state index contributed by atoms with van der Waals surface area (Å²) < 4.78 is 5.50. The highest BCUT2D eigenvalue weighted by atomic mass is 16.5. The highest BCUT2D eigenvalue weighted by Crippen LogP contribution is 2.03. The molecule has 0 atom stereocenters. The number of pyridine rings is 1. The van der Waals surface area contributed by atoms with Gasteiger partial charge in [0.2, 0.25) is 0 Å². The highest BCUT2D eigenvalue weighted by molar-refractivity contribution is 5.91. The molecule has 0 saturated heterocycles. The number of nitrogens with two attached hydrogens (primary N) is 1. The Bertz CT molecular complexity index is 612. The molecule has 2 aromatic rings. The Balaban J connectivity index is 1.81. The Morgan fingerprint density at radius 1 is 1.19 bits per heavy atom. The number of hydrogen-bond acceptors (Lipinski definition) is 4. The molecule has 1 heterocycles. The van der Waals surface area contributed by atoms with Crippen LogP contribution in [-0.4, -0.2) is 17.5 Å². The van der Waals surface area contributed by atoms with Crippen LogP contribution < -0.4 is 11.3 Å². The molecule has 0 saturated carbocycles. The molecule has 0 aliphatic rings. The quantitative estimate of drug-likeness (QED) is 0.367. The smallest absolute Gasteiger partial charge is 0.283 e. The van der Waals surface area contributed by atoms with Crippen molar-refractivity contribution >= 4 is 12.0 Å². The zero-order valence-electron chi connectivity index (χ0n) is 11.5. The predicted molar refractivity (Wildman–Crippen MR) is 81.0 cm³/mol. The molecule has 1 amide bonds. The van der Waals surface area contributed by atoms with Crippen LogP contribution in [0.25, 0.3) is 6.08 Å². The van der Waals surface area contributed by atoms with Crippen LogP contribution in [0.5, 0.6) is 0 Å². The first kappa shape index (κ1) is 14.9. The van der Waals surface area contributed by atoms with Gasteiger partial charge in [0.25, 0.3) is 5.91 Å². The maximum atomic E-state index is 11.3. The highest BCUT2D eigenvalue weighted by Gasteiger charge is 2.05. The van der Waals surface area contributed by atoms with Gasteiger partial charge in [-0.2, -0.15) is 0 Å². The third-order valence-electron chi connectivity index (χ3n) is 2.74. The van der Waals surface area contributed by atoms with Crippen LogP contribution in [-0.2, 0) is 11.3 Å². The van der Waals surface area contributed by atoms with Crippen molar-refractivity contribution in [3.05, 3.63) is 71.6 Å². The summed E-state index contributed by atoms with van der Waals surface area (Å²) in [6, 6.07) is 15.1. The number of rotatable bonds is 6. The van der Waals surface area contributed by atoms with Gasteiger partial charge in [-0.05, 0) is 17.7 Å². The second kappa shape index (κ2) is 7.94. The lowest BCUT2D eigenvalue weighted by molar-refractivity contribution is 0.0947. The number of amides is 1. The SMILES string of the molecule is NNC(=O)c1cccc(COC/C=C/c2ccccc2)n1. The van der Waals surface area contributed by atoms with Crippen molar-refractivity contribution in [1.82, 2.24) is 10.4 Å². The molecular weight excluding hydrogens is 266 g/mol. The van der Waals surface area contributed by atoms with Gasteiger partial charge >= 0.3 is 0 Å². The summed E-state index contributed by atoms with van der Waals surface area (Å²) >= 11 is 0. The monoisotopic (exact) mass is 283 g/mol. The standard InChI is InChI=1S/C16H17N3O2/c17-19-16(20)15-10-4-9-14(18-15)12-21-11-5-8-13-6-2-1-3-7-13/h1-10H,11-12,17H2,(H,19,20)/b8-5+. The fourth-order valence-electron chi connectivity index (χ4n) is 1.74. The number of benzene rings is 1. The van der Waals surface area contributed by atoms with E-state index in [0.717, 1.165) is 5.56 Å². The molecule has 5 heteroatoms. The largest absolute Gasteiger partial charge is 0.371 e. The van der Waals surface area contributed by atoms with Crippen molar-refractivity contribution in [3.63, 3.8) is 0 Å². The molecule has 2 rings (SSSR count). The van der Waals surface area contributed by atoms with Gasteiger partial charge in [0.05, 0.1) is 18.9 Å². The number of carbonyl (C=O) groups is 1. The van der Waals surface area contributed by atoms with Crippen LogP contribution >= 0.6 is 0 Å². The Morgan fingerprint density at radius 2 is 2.00 bits per heavy atom. The summed E-state index contributed by atoms with van der Waals surface area (Å²) in [5.41, 5.74) is 4.14. The van der Waals surface area contributed by atoms with Crippen LogP contribution in [0.1, 0.15) is 21.7 Å². The molecule has 1 aromatic heterocycles. The average Bonchev–Trinajstić information content (AvgIpc) is 2.55. The van der Waals surface area contributed by atoms with E-state index in [2.05, 4.69) is 4.98 Å². The van der Waals surface area contributed by atoms with Gasteiger partial charge < -0.3 is 4.74 Å². The summed E-state index contributed by atoms with van der Waals surface area (Å²) in [4.78, 5) is 15.5. The van der Waals surface area contributed by atoms with Crippen molar-refractivity contribution < 1.29 is 9.53 Å². The number of nitrogens with zero attached hydrogens (tertiary/aromatic N) is 1. The summed E-state index contributed by atoms with van der Waals surface area (Å²) in [6.45, 7) is 0.814. The minimum Gasteiger partial charge on any atom is -0.371 e. The van der Waals surface area contributed by atoms with E-state index in [-0.39, 0.29) is 5.69 Å². The average molecular weight is 283 g/mol. The van der Waals surface area contributed by atoms with Gasteiger partial charge in [0, 0.05) is 0 Å². The Labute approximate surface area is 123 Å². The van der Waals surface area contributed by atoms with Crippen molar-refractivity contribution in [2.75, 3.05) is 6.61 Å². The first-order valence-electron chi connectivity index (χ1n) is 6.56. The molecule has 0 fully saturated rings. The summed E-state index contributed by atoms with van der Waals surface area (Å²) in [7, 11) is 0. The van der Waals surface area contributed by atoms with E-state index in [1.54, 1.807) is 18.2 Å². The number of nitrogens with one attached hydrogen (secondary N) is 1. The van der Waals surface area contributed by atoms with Crippen LogP contribution in [0.15, 0.2) is 54.6 Å². The molecule has 0 aliphatic heterocycles. The first-order chi connectivity index (χ1) is 10.3. The number of nitrogen functional groups attached to an aromatic ring is 1. The molecule has 5 nitrogen and oxygen atoms in total. The van der Waals surface area contributed by atoms with Crippen molar-refractivity contribution in [2.24, 2.45) is 5.84 Å². The molecule has 1 aromatic carbocycles. The van der Waals surface area contributed by atoms with Crippen LogP contribution in [0.3, 0.4) is 0 Å². The number of hydrogen-bond donors (Lipinski definition) is 2. The lowest BCUT2D eigenvalue weighted by Gasteiger charge is -2.03. The summed E-state index contributed by atoms with van der Waals surface area (Å²) in [6.07, 6.45) is 3.93. The molecule has 0 bridgehead atoms. The Kier molecular flexibility index (Phi) is 5.63. The van der Waals surface area contributed by atoms with Gasteiger partial charge in [-0.1, -0.05) is 48.6 Å². The van der Waals surface area contributed by atoms with E-state index in [4.69, 9.17) is 10.6 Å². The van der Waals surface area contributed by atoms with Crippen LogP contribution in [0.4, 0.5) is 0 Å². The topological polar surface area (TPSA) is 77.2 Å². The molecular formula is C16H17N3O2. The third-order valence-corrected chi connectivity index (χ3v) is 2.74. The van der Waals surface area contributed by atoms with Gasteiger partial charge in [0.15, 0.2) is 0 Å². The van der Waals surface area contributed by atoms with Gasteiger partial charge in [-0.25, -0.2) is 10.8 Å². The minimum absolute atomic E-state index is 0.276. The van der Waals surface area contributed by atoms with Gasteiger partial charge in [0.1, 0.15) is 5.69 Å². The Morgan fingerprint density at radius 3 is 2.76 bits per heavy atom. The second-order valence-electron chi connectivity index (χ2n) is 4.32. The van der Waals surface area contributed by atoms with E-state index in [0.29, 0.717) is 18.9 Å². The summed E-state index contributed by atoms with van der Waals surface area (Å²) in [5, 5.41) is 0. The molecule has 108 valence electrons. The molecule has 0 unspecified atom stereocenters. The first-order valence-corrected chi connectivity index (χ1v) is 6.56. The zero-order chi connectivity index (χ0) is 14.9. The normalized spacial score (nSPS) is 10.7. The predicted octanol–water partition coefficient (Wildman–Crippen LogP) is 1.92. The molecule has 0 aliphatic carbocycles. The maximum Gasteiger partial charge on any atom is 0.283 e. The number of ether oxygens (including phenoxy) is 1. The fraction of sp³-hybridized carbons (Fsp3) is 0.125. The zero-order valence-corrected chi connectivity index (χ0v) is 11.5. The second-order valence-corrected chi connectivity index (χ2v) is 4.32. The molecule has 3 N–H and O–H groups in total. The van der Waals surface area contributed by atoms with E-state index in [1.807, 2.05) is 47.9 Å². The van der Waals surface area contributed by atoms with Crippen LogP contribution in [0.2, 0.25) is 0 Å². The molecule has 0 radical (unpaired) electrons. The van der Waals surface area contributed by atoms with E-state index < -0.39 is 5.91 Å².